The van der Waals surface area contributed by atoms with Gasteiger partial charge in [0.1, 0.15) is 17.5 Å². The summed E-state index contributed by atoms with van der Waals surface area (Å²) >= 11 is 0. The first kappa shape index (κ1) is 30.4. The highest BCUT2D eigenvalue weighted by molar-refractivity contribution is 6.01. The first-order valence-corrected chi connectivity index (χ1v) is 12.9. The van der Waals surface area contributed by atoms with Gasteiger partial charge in [-0.25, -0.2) is 14.4 Å². The molecule has 0 aliphatic carbocycles. The van der Waals surface area contributed by atoms with Crippen LogP contribution in [0, 0.1) is 52.9 Å². The maximum absolute atomic E-state index is 12.2. The topological polar surface area (TPSA) is 135 Å². The maximum Gasteiger partial charge on any atom is 0.356 e. The summed E-state index contributed by atoms with van der Waals surface area (Å²) in [4.78, 5) is 34.7. The van der Waals surface area contributed by atoms with Crippen LogP contribution in [0.4, 0.5) is 0 Å². The van der Waals surface area contributed by atoms with Crippen molar-refractivity contribution in [3.05, 3.63) is 105 Å². The first-order chi connectivity index (χ1) is 19.3. The van der Waals surface area contributed by atoms with E-state index in [1.807, 2.05) is 53.7 Å². The Morgan fingerprint density at radius 1 is 0.756 bits per heavy atom. The van der Waals surface area contributed by atoms with Gasteiger partial charge in [0.2, 0.25) is 0 Å². The number of nitrogens with zero attached hydrogens (tertiary/aromatic N) is 3. The zero-order valence-electron chi connectivity index (χ0n) is 24.2. The highest BCUT2D eigenvalue weighted by Crippen LogP contribution is 2.26. The van der Waals surface area contributed by atoms with E-state index < -0.39 is 17.9 Å². The molecule has 4 rings (SSSR count). The number of carbonyl (C=O) groups excluding carboxylic acids is 1. The van der Waals surface area contributed by atoms with Crippen molar-refractivity contribution in [2.24, 2.45) is 0 Å². The number of hydrogen-bond acceptors (Lipinski definition) is 5. The van der Waals surface area contributed by atoms with Crippen LogP contribution in [0.1, 0.15) is 77.2 Å². The van der Waals surface area contributed by atoms with Gasteiger partial charge in [-0.05, 0) is 82.9 Å². The number of aryl methyl sites for hydroxylation is 6. The van der Waals surface area contributed by atoms with E-state index in [0.29, 0.717) is 11.3 Å². The summed E-state index contributed by atoms with van der Waals surface area (Å²) in [7, 11) is 0. The molecule has 4 aromatic rings. The second kappa shape index (κ2) is 12.4. The minimum atomic E-state index is -1.26. The number of ether oxygens (including phenoxy) is 1. The van der Waals surface area contributed by atoms with E-state index in [1.165, 1.54) is 22.4 Å². The molecule has 9 nitrogen and oxygen atoms in total. The Bertz CT molecular complexity index is 1650. The van der Waals surface area contributed by atoms with Gasteiger partial charge < -0.3 is 24.1 Å². The zero-order valence-corrected chi connectivity index (χ0v) is 24.2. The molecular weight excluding hydrogens is 522 g/mol. The minimum absolute atomic E-state index is 0.211. The number of aromatic nitrogens is 2. The number of aromatic carboxylic acids is 2. The molecule has 0 fully saturated rings. The van der Waals surface area contributed by atoms with Crippen LogP contribution in [0.25, 0.3) is 11.4 Å². The van der Waals surface area contributed by atoms with Crippen molar-refractivity contribution in [3.63, 3.8) is 0 Å². The Labute approximate surface area is 238 Å². The van der Waals surface area contributed by atoms with E-state index in [1.54, 1.807) is 23.8 Å². The Morgan fingerprint density at radius 3 is 1.59 bits per heavy atom. The van der Waals surface area contributed by atoms with Crippen molar-refractivity contribution in [2.75, 3.05) is 6.61 Å². The molecule has 0 atom stereocenters. The smallest absolute Gasteiger partial charge is 0.356 e. The SMILES string of the molecule is CCOC(=O)c1c(C#N)ccn1-c1c(C)cc(C)cc1C.Cc1cc(C)c(-n2ccc(C(=O)O)c2C(=O)O)c(C)c1. The molecule has 0 saturated carbocycles. The van der Waals surface area contributed by atoms with Gasteiger partial charge in [-0.1, -0.05) is 35.4 Å². The lowest BCUT2D eigenvalue weighted by Gasteiger charge is -2.15. The monoisotopic (exact) mass is 555 g/mol. The molecule has 0 spiro atoms. The fraction of sp³-hybridized carbons (Fsp3) is 0.250. The third-order valence-electron chi connectivity index (χ3n) is 6.55. The van der Waals surface area contributed by atoms with Crippen LogP contribution in [-0.2, 0) is 4.74 Å². The van der Waals surface area contributed by atoms with Crippen molar-refractivity contribution < 1.29 is 29.3 Å². The number of rotatable bonds is 6. The summed E-state index contributed by atoms with van der Waals surface area (Å²) in [6, 6.07) is 13.0. The van der Waals surface area contributed by atoms with Crippen molar-refractivity contribution in [2.45, 2.75) is 48.5 Å². The molecule has 0 unspecified atom stereocenters. The molecule has 2 aromatic carbocycles. The quantitative estimate of drug-likeness (QED) is 0.269. The molecule has 2 heterocycles. The van der Waals surface area contributed by atoms with Crippen molar-refractivity contribution in [1.82, 2.24) is 9.13 Å². The van der Waals surface area contributed by atoms with Gasteiger partial charge in [-0.2, -0.15) is 5.26 Å². The molecule has 41 heavy (non-hydrogen) atoms. The van der Waals surface area contributed by atoms with Gasteiger partial charge in [0.15, 0.2) is 0 Å². The summed E-state index contributed by atoms with van der Waals surface area (Å²) < 4.78 is 8.26. The number of hydrogen-bond donors (Lipinski definition) is 2. The van der Waals surface area contributed by atoms with Gasteiger partial charge in [0.05, 0.1) is 29.1 Å². The van der Waals surface area contributed by atoms with Gasteiger partial charge in [0.25, 0.3) is 0 Å². The van der Waals surface area contributed by atoms with E-state index in [9.17, 15) is 24.8 Å². The molecule has 2 aromatic heterocycles. The molecule has 0 aliphatic rings. The molecular formula is C32H33N3O6. The summed E-state index contributed by atoms with van der Waals surface area (Å²) in [5.41, 5.74) is 7.95. The summed E-state index contributed by atoms with van der Waals surface area (Å²) in [5, 5.41) is 27.6. The van der Waals surface area contributed by atoms with E-state index in [-0.39, 0.29) is 23.6 Å². The Balaban J connectivity index is 0.000000226. The van der Waals surface area contributed by atoms with Crippen molar-refractivity contribution in [3.8, 4) is 17.4 Å². The second-order valence-corrected chi connectivity index (χ2v) is 9.83. The number of nitriles is 1. The lowest BCUT2D eigenvalue weighted by atomic mass is 10.0. The molecule has 0 radical (unpaired) electrons. The number of carbonyl (C=O) groups is 3. The van der Waals surface area contributed by atoms with Gasteiger partial charge in [0, 0.05) is 12.4 Å². The normalized spacial score (nSPS) is 10.4. The van der Waals surface area contributed by atoms with Crippen LogP contribution >= 0.6 is 0 Å². The second-order valence-electron chi connectivity index (χ2n) is 9.83. The molecule has 0 saturated heterocycles. The Hall–Kier alpha value is -5.10. The standard InChI is InChI=1S/C17H18N2O2.C15H15NO4/c1-5-21-17(20)16-14(10-18)6-7-19(16)15-12(3)8-11(2)9-13(15)4;1-8-6-9(2)12(10(3)7-8)16-5-4-11(14(17)18)13(16)15(19)20/h6-9H,5H2,1-4H3;4-7H,1-3H3,(H,17,18)(H,19,20). The summed E-state index contributed by atoms with van der Waals surface area (Å²) in [6.07, 6.45) is 3.23. The van der Waals surface area contributed by atoms with Crippen LogP contribution in [0.2, 0.25) is 0 Å². The molecule has 0 aliphatic heterocycles. The van der Waals surface area contributed by atoms with Crippen LogP contribution < -0.4 is 0 Å². The van der Waals surface area contributed by atoms with E-state index in [0.717, 1.165) is 33.5 Å². The summed E-state index contributed by atoms with van der Waals surface area (Å²) in [5.74, 6) is -2.98. The molecule has 212 valence electrons. The maximum atomic E-state index is 12.2. The van der Waals surface area contributed by atoms with E-state index >= 15 is 0 Å². The lowest BCUT2D eigenvalue weighted by molar-refractivity contribution is 0.0515. The Kier molecular flexibility index (Phi) is 9.20. The highest BCUT2D eigenvalue weighted by atomic mass is 16.5. The molecule has 2 N–H and O–H groups in total. The van der Waals surface area contributed by atoms with Crippen LogP contribution in [0.3, 0.4) is 0 Å². The summed E-state index contributed by atoms with van der Waals surface area (Å²) in [6.45, 7) is 13.8. The van der Waals surface area contributed by atoms with Crippen LogP contribution in [-0.4, -0.2) is 43.9 Å². The number of esters is 1. The van der Waals surface area contributed by atoms with Crippen LogP contribution in [0.15, 0.2) is 48.8 Å². The fourth-order valence-corrected chi connectivity index (χ4v) is 5.23. The number of carboxylic acids is 2. The van der Waals surface area contributed by atoms with Gasteiger partial charge in [-0.15, -0.1) is 0 Å². The highest BCUT2D eigenvalue weighted by Gasteiger charge is 2.24. The van der Waals surface area contributed by atoms with Crippen molar-refractivity contribution >= 4 is 17.9 Å². The zero-order chi connectivity index (χ0) is 30.6. The molecule has 0 amide bonds. The number of benzene rings is 2. The largest absolute Gasteiger partial charge is 0.478 e. The van der Waals surface area contributed by atoms with E-state index in [4.69, 9.17) is 9.84 Å². The number of carboxylic acid groups (broad SMARTS) is 2. The lowest BCUT2D eigenvalue weighted by Crippen LogP contribution is -2.13. The predicted octanol–water partition coefficient (Wildman–Crippen LogP) is 6.25. The van der Waals surface area contributed by atoms with Gasteiger partial charge in [-0.3, -0.25) is 0 Å². The first-order valence-electron chi connectivity index (χ1n) is 12.9. The average molecular weight is 556 g/mol. The fourth-order valence-electron chi connectivity index (χ4n) is 5.23. The third kappa shape index (κ3) is 6.23. The molecule has 0 bridgehead atoms. The predicted molar refractivity (Wildman–Crippen MR) is 155 cm³/mol. The van der Waals surface area contributed by atoms with Crippen LogP contribution in [0.5, 0.6) is 0 Å². The molecule has 9 heteroatoms. The van der Waals surface area contributed by atoms with E-state index in [2.05, 4.69) is 18.2 Å². The Morgan fingerprint density at radius 2 is 1.20 bits per heavy atom. The van der Waals surface area contributed by atoms with Gasteiger partial charge >= 0.3 is 17.9 Å². The van der Waals surface area contributed by atoms with Crippen molar-refractivity contribution in [1.29, 1.82) is 5.26 Å². The minimum Gasteiger partial charge on any atom is -0.478 e. The average Bonchev–Trinajstić information content (AvgIpc) is 3.48. The third-order valence-corrected chi connectivity index (χ3v) is 6.55.